The zero-order valence-electron chi connectivity index (χ0n) is 71.6. The van der Waals surface area contributed by atoms with E-state index >= 15 is 0 Å². The molecule has 13 heteroatoms. The number of piperazine rings is 1. The highest BCUT2D eigenvalue weighted by Gasteiger charge is 2.44. The first-order valence-corrected chi connectivity index (χ1v) is 42.3. The Morgan fingerprint density at radius 2 is 0.870 bits per heavy atom. The van der Waals surface area contributed by atoms with Crippen molar-refractivity contribution in [2.24, 2.45) is 35.0 Å². The highest BCUT2D eigenvalue weighted by atomic mass is 16.2. The molecule has 2 aliphatic carbocycles. The molecule has 7 unspecified atom stereocenters. The van der Waals surface area contributed by atoms with E-state index in [9.17, 15) is 14.4 Å². The molecule has 3 amide bonds. The van der Waals surface area contributed by atoms with Crippen LogP contribution in [0.2, 0.25) is 0 Å². The number of hydrogen-bond acceptors (Lipinski definition) is 10. The van der Waals surface area contributed by atoms with Crippen LogP contribution in [0, 0.1) is 35.0 Å². The largest absolute Gasteiger partial charge is 0.342 e. The summed E-state index contributed by atoms with van der Waals surface area (Å²) in [5.41, 5.74) is 6.80. The number of amides is 3. The molecule has 2 aromatic carbocycles. The van der Waals surface area contributed by atoms with Gasteiger partial charge >= 0.3 is 0 Å². The van der Waals surface area contributed by atoms with E-state index in [0.717, 1.165) is 79.4 Å². The normalized spacial score (nSPS) is 26.1. The maximum atomic E-state index is 11.9. The van der Waals surface area contributed by atoms with Gasteiger partial charge in [0.15, 0.2) is 0 Å². The number of aryl methyl sites for hydroxylation is 1. The molecule has 8 saturated heterocycles. The van der Waals surface area contributed by atoms with Crippen molar-refractivity contribution in [3.8, 4) is 0 Å². The smallest absolute Gasteiger partial charge is 0.231 e. The maximum Gasteiger partial charge on any atom is 0.231 e. The third-order valence-electron chi connectivity index (χ3n) is 25.5. The van der Waals surface area contributed by atoms with E-state index in [0.29, 0.717) is 52.2 Å². The van der Waals surface area contributed by atoms with Crippen molar-refractivity contribution in [3.63, 3.8) is 0 Å². The van der Waals surface area contributed by atoms with Gasteiger partial charge in [0, 0.05) is 134 Å². The molecule has 0 radical (unpaired) electrons. The summed E-state index contributed by atoms with van der Waals surface area (Å²) in [6, 6.07) is 18.0. The fourth-order valence-corrected chi connectivity index (χ4v) is 19.7. The summed E-state index contributed by atoms with van der Waals surface area (Å²) in [5, 5.41) is 0. The van der Waals surface area contributed by atoms with Crippen molar-refractivity contribution < 1.29 is 14.4 Å². The lowest BCUT2D eigenvalue weighted by molar-refractivity contribution is -0.134. The summed E-state index contributed by atoms with van der Waals surface area (Å²) >= 11 is 0. The van der Waals surface area contributed by atoms with Gasteiger partial charge in [-0.2, -0.15) is 0 Å². The van der Waals surface area contributed by atoms with Gasteiger partial charge in [0.1, 0.15) is 0 Å². The van der Waals surface area contributed by atoms with Gasteiger partial charge < -0.3 is 19.6 Å². The number of carbonyl (C=O) groups is 3. The standard InChI is InChI=1S/C13H24N2O.C13H26N2.C13H17NO.2C13H25N.C12H15NO.C11H22N2.C2H6.5CH4/c1-10(16)14-6-11-5-12(7-14)9-15(8-11)13(2,3)4;1-12(2,3)15-9-6-13(7-10-15)5-8-14(4)11-13;1-13(2,3)14-11-7-5-4-6-10(11)8-9-12(14)15;1-13(2,3)14-10-6-8-11-7-4-5-9-12(11)14;1-13(2,3)14-9-8-11-6-4-5-7-12(11)10-14;1-12(2,3)13-10-7-5-4-6-9(10)8-11(13)14;1-11(2,3)13-8-7-12-6-4-5-10(12)9-13;1-2;;;;;/h11-12H,5-9H2,1-4H3;5-11H2,1-4H3;4-7H,8-9H2,1-3H3;2*11-12H,4-10H2,1-3H3;4-7H,8H2,1-3H3;10H,4-9H2,1-3H3;1-2H3;5*1H4. The summed E-state index contributed by atoms with van der Waals surface area (Å²) in [4.78, 5) is 59.5. The lowest BCUT2D eigenvalue weighted by Crippen LogP contribution is -2.57. The second-order valence-corrected chi connectivity index (χ2v) is 40.6. The number of anilines is 2. The Kier molecular flexibility index (Phi) is 39.9. The fourth-order valence-electron chi connectivity index (χ4n) is 19.7. The average Bonchev–Trinajstić information content (AvgIpc) is 1.38. The number of fused-ring (bicyclic) bond motifs is 7. The van der Waals surface area contributed by atoms with E-state index in [4.69, 9.17) is 0 Å². The summed E-state index contributed by atoms with van der Waals surface area (Å²) in [6.07, 6.45) is 26.8. The molecule has 10 fully saturated rings. The molecule has 10 heterocycles. The molecule has 2 aromatic rings. The zero-order chi connectivity index (χ0) is 76.3. The number of carbonyl (C=O) groups excluding carboxylic acids is 3. The van der Waals surface area contributed by atoms with Crippen LogP contribution in [0.25, 0.3) is 0 Å². The van der Waals surface area contributed by atoms with E-state index in [-0.39, 0.29) is 71.5 Å². The van der Waals surface area contributed by atoms with E-state index in [1.54, 1.807) is 6.92 Å². The molecular formula is C95H180N10O3. The number of piperidine rings is 5. The zero-order valence-corrected chi connectivity index (χ0v) is 71.6. The van der Waals surface area contributed by atoms with Crippen LogP contribution in [0.4, 0.5) is 11.4 Å². The first-order valence-electron chi connectivity index (χ1n) is 42.3. The lowest BCUT2D eigenvalue weighted by Gasteiger charge is -2.50. The van der Waals surface area contributed by atoms with Crippen molar-refractivity contribution in [2.45, 2.75) is 383 Å². The van der Waals surface area contributed by atoms with Crippen molar-refractivity contribution in [1.82, 2.24) is 39.2 Å². The Bertz CT molecular complexity index is 2900. The second-order valence-electron chi connectivity index (χ2n) is 40.6. The topological polar surface area (TPSA) is 83.6 Å². The number of hydrogen-bond donors (Lipinski definition) is 0. The molecule has 12 aliphatic rings. The third-order valence-corrected chi connectivity index (χ3v) is 25.5. The summed E-state index contributed by atoms with van der Waals surface area (Å²) in [7, 11) is 2.27. The maximum absolute atomic E-state index is 11.9. The number of benzene rings is 2. The van der Waals surface area contributed by atoms with Crippen LogP contribution in [-0.2, 0) is 27.2 Å². The summed E-state index contributed by atoms with van der Waals surface area (Å²) < 4.78 is 0. The molecule has 2 bridgehead atoms. The molecule has 7 atom stereocenters. The van der Waals surface area contributed by atoms with Gasteiger partial charge in [-0.15, -0.1) is 0 Å². The van der Waals surface area contributed by atoms with Crippen LogP contribution in [0.1, 0.15) is 330 Å². The van der Waals surface area contributed by atoms with Crippen LogP contribution in [-0.4, -0.2) is 213 Å². The molecular weight excluding hydrogens is 1330 g/mol. The van der Waals surface area contributed by atoms with Crippen LogP contribution >= 0.6 is 0 Å². The molecule has 0 N–H and O–H groups in total. The van der Waals surface area contributed by atoms with Gasteiger partial charge in [0.25, 0.3) is 0 Å². The number of nitrogens with zero attached hydrogens (tertiary/aromatic N) is 10. The Morgan fingerprint density at radius 1 is 0.407 bits per heavy atom. The first-order chi connectivity index (χ1) is 48.0. The van der Waals surface area contributed by atoms with Crippen LogP contribution in [0.5, 0.6) is 0 Å². The van der Waals surface area contributed by atoms with E-state index in [2.05, 4.69) is 193 Å². The number of rotatable bonds is 0. The highest BCUT2D eigenvalue weighted by molar-refractivity contribution is 6.02. The molecule has 1 spiro atoms. The molecule has 0 aromatic heterocycles. The Hall–Kier alpha value is -3.43. The molecule has 14 rings (SSSR count). The van der Waals surface area contributed by atoms with Gasteiger partial charge in [0.05, 0.1) is 6.42 Å². The van der Waals surface area contributed by atoms with E-state index in [1.807, 2.05) is 71.0 Å². The van der Waals surface area contributed by atoms with Gasteiger partial charge in [-0.05, 0) is 333 Å². The van der Waals surface area contributed by atoms with Gasteiger partial charge in [-0.1, -0.05) is 119 Å². The molecule has 13 nitrogen and oxygen atoms in total. The second kappa shape index (κ2) is 42.8. The number of likely N-dealkylation sites (tertiary alicyclic amines) is 6. The van der Waals surface area contributed by atoms with Gasteiger partial charge in [-0.25, -0.2) is 0 Å². The highest BCUT2D eigenvalue weighted by Crippen LogP contribution is 2.43. The van der Waals surface area contributed by atoms with Crippen molar-refractivity contribution >= 4 is 29.1 Å². The molecule has 628 valence electrons. The van der Waals surface area contributed by atoms with Crippen molar-refractivity contribution in [2.75, 3.05) is 115 Å². The summed E-state index contributed by atoms with van der Waals surface area (Å²) in [6.45, 7) is 72.0. The van der Waals surface area contributed by atoms with Gasteiger partial charge in [0.2, 0.25) is 17.7 Å². The molecule has 10 aliphatic heterocycles. The minimum atomic E-state index is -0.131. The first kappa shape index (κ1) is 101. The van der Waals surface area contributed by atoms with E-state index < -0.39 is 0 Å². The van der Waals surface area contributed by atoms with E-state index in [1.165, 1.54) is 187 Å². The fraction of sp³-hybridized carbons (Fsp3) is 0.842. The third kappa shape index (κ3) is 28.5. The Morgan fingerprint density at radius 3 is 1.38 bits per heavy atom. The molecule has 2 saturated carbocycles. The Balaban J connectivity index is 0.000000423. The summed E-state index contributed by atoms with van der Waals surface area (Å²) in [5.74, 6) is 5.20. The quantitative estimate of drug-likeness (QED) is 0.254. The van der Waals surface area contributed by atoms with Crippen LogP contribution < -0.4 is 9.80 Å². The SMILES string of the molecule is C.C.C.C.C.CC.CC(=O)N1CC2CC(C1)CN(C(C)(C)C)C2.CC(C)(C)N1C(=O)CCc2ccccc21.CC(C)(C)N1C(=O)Cc2ccccc21.CC(C)(C)N1CCC2CCCCC2C1.CC(C)(C)N1CCCC2CCCCC21.CC(C)(C)N1CCN2CCCC2C1.CN1CCC2(CCN(C(C)(C)C)CC2)C1. The lowest BCUT2D eigenvalue weighted by atomic mass is 9.74. The van der Waals surface area contributed by atoms with Crippen molar-refractivity contribution in [3.05, 3.63) is 59.7 Å². The predicted octanol–water partition coefficient (Wildman–Crippen LogP) is 21.4. The number of para-hydroxylation sites is 2. The molecule has 108 heavy (non-hydrogen) atoms. The van der Waals surface area contributed by atoms with Crippen molar-refractivity contribution in [1.29, 1.82) is 0 Å². The Labute approximate surface area is 671 Å². The van der Waals surface area contributed by atoms with Gasteiger partial charge in [-0.3, -0.25) is 43.8 Å². The predicted molar refractivity (Wildman–Crippen MR) is 473 cm³/mol. The minimum Gasteiger partial charge on any atom is -0.342 e. The monoisotopic (exact) mass is 1510 g/mol. The van der Waals surface area contributed by atoms with Crippen LogP contribution in [0.3, 0.4) is 0 Å². The average molecular weight is 1510 g/mol. The minimum absolute atomic E-state index is 0. The van der Waals surface area contributed by atoms with Crippen LogP contribution in [0.15, 0.2) is 48.5 Å².